The van der Waals surface area contributed by atoms with Crippen LogP contribution in [0.2, 0.25) is 0 Å². The quantitative estimate of drug-likeness (QED) is 0.628. The van der Waals surface area contributed by atoms with E-state index >= 15 is 0 Å². The third-order valence-electron chi connectivity index (χ3n) is 7.20. The molecule has 1 saturated heterocycles. The zero-order valence-corrected chi connectivity index (χ0v) is 20.7. The van der Waals surface area contributed by atoms with E-state index in [9.17, 15) is 14.7 Å². The fourth-order valence-corrected chi connectivity index (χ4v) is 5.18. The Balaban J connectivity index is 1.80. The van der Waals surface area contributed by atoms with Crippen molar-refractivity contribution in [1.29, 1.82) is 0 Å². The van der Waals surface area contributed by atoms with Crippen LogP contribution in [-0.2, 0) is 16.0 Å². The number of benzene rings is 1. The third-order valence-corrected chi connectivity index (χ3v) is 7.20. The first-order valence-corrected chi connectivity index (χ1v) is 11.8. The maximum atomic E-state index is 12.5. The Morgan fingerprint density at radius 2 is 1.82 bits per heavy atom. The summed E-state index contributed by atoms with van der Waals surface area (Å²) in [7, 11) is 4.77. The number of carboxylic acid groups (broad SMARTS) is 1. The van der Waals surface area contributed by atoms with E-state index in [0.717, 1.165) is 48.8 Å². The van der Waals surface area contributed by atoms with Crippen LogP contribution >= 0.6 is 0 Å². The van der Waals surface area contributed by atoms with E-state index in [-0.39, 0.29) is 12.0 Å². The second-order valence-electron chi connectivity index (χ2n) is 9.75. The van der Waals surface area contributed by atoms with Gasteiger partial charge in [-0.2, -0.15) is 0 Å². The first-order valence-electron chi connectivity index (χ1n) is 11.8. The van der Waals surface area contributed by atoms with E-state index in [1.165, 1.54) is 25.1 Å². The van der Waals surface area contributed by atoms with Crippen molar-refractivity contribution in [3.63, 3.8) is 0 Å². The number of hydrogen-bond donors (Lipinski definition) is 1. The number of fused-ring (bicyclic) bond motifs is 3. The molecule has 0 unspecified atom stereocenters. The van der Waals surface area contributed by atoms with Crippen molar-refractivity contribution in [2.45, 2.75) is 52.1 Å². The normalized spacial score (nSPS) is 23.3. The first-order chi connectivity index (χ1) is 15.7. The molecule has 2 aliphatic rings. The van der Waals surface area contributed by atoms with Gasteiger partial charge in [0.15, 0.2) is 11.5 Å². The average Bonchev–Trinajstić information content (AvgIpc) is 2.79. The minimum Gasteiger partial charge on any atom is -0.493 e. The largest absolute Gasteiger partial charge is 0.493 e. The number of methoxy groups -OCH3 is 2. The van der Waals surface area contributed by atoms with Crippen LogP contribution in [0, 0.1) is 17.8 Å². The zero-order valence-electron chi connectivity index (χ0n) is 20.7. The molecule has 8 nitrogen and oxygen atoms in total. The molecule has 184 valence electrons. The Morgan fingerprint density at radius 3 is 2.42 bits per heavy atom. The van der Waals surface area contributed by atoms with Gasteiger partial charge < -0.3 is 19.3 Å². The van der Waals surface area contributed by atoms with Gasteiger partial charge in [0.25, 0.3) is 0 Å². The van der Waals surface area contributed by atoms with Gasteiger partial charge in [-0.1, -0.05) is 13.8 Å². The maximum Gasteiger partial charge on any atom is 0.410 e. The Kier molecular flexibility index (Phi) is 8.10. The molecule has 0 aliphatic carbocycles. The summed E-state index contributed by atoms with van der Waals surface area (Å²) in [6.07, 6.45) is 2.32. The van der Waals surface area contributed by atoms with Gasteiger partial charge in [0, 0.05) is 26.2 Å². The van der Waals surface area contributed by atoms with Crippen molar-refractivity contribution in [2.75, 3.05) is 41.0 Å². The summed E-state index contributed by atoms with van der Waals surface area (Å²) in [6.45, 7) is 8.16. The molecule has 1 amide bonds. The topological polar surface area (TPSA) is 88.5 Å². The number of amides is 1. The summed E-state index contributed by atoms with van der Waals surface area (Å²) >= 11 is 0. The molecule has 1 aromatic rings. The minimum atomic E-state index is -1.05. The van der Waals surface area contributed by atoms with Gasteiger partial charge in [0.2, 0.25) is 0 Å². The number of carbonyl (C=O) groups excluding carboxylic acids is 1. The lowest BCUT2D eigenvalue weighted by atomic mass is 9.74. The summed E-state index contributed by atoms with van der Waals surface area (Å²) in [5.41, 5.74) is 2.54. The van der Waals surface area contributed by atoms with Gasteiger partial charge >= 0.3 is 12.1 Å². The van der Waals surface area contributed by atoms with Crippen molar-refractivity contribution in [3.8, 4) is 11.5 Å². The van der Waals surface area contributed by atoms with Crippen molar-refractivity contribution >= 4 is 12.1 Å². The first kappa shape index (κ1) is 25.1. The van der Waals surface area contributed by atoms with Gasteiger partial charge in [-0.05, 0) is 67.2 Å². The molecule has 8 heteroatoms. The lowest BCUT2D eigenvalue weighted by Crippen LogP contribution is -2.48. The maximum absolute atomic E-state index is 12.5. The van der Waals surface area contributed by atoms with E-state index in [2.05, 4.69) is 30.9 Å². The molecule has 3 rings (SSSR count). The highest BCUT2D eigenvalue weighted by atomic mass is 16.6. The Hall–Kier alpha value is -2.48. The van der Waals surface area contributed by atoms with E-state index in [1.807, 2.05) is 0 Å². The number of piperidine rings is 1. The number of rotatable bonds is 8. The molecule has 2 aliphatic heterocycles. The lowest BCUT2D eigenvalue weighted by molar-refractivity contribution is -0.141. The molecule has 1 fully saturated rings. The molecule has 1 aromatic carbocycles. The molecule has 0 bridgehead atoms. The highest BCUT2D eigenvalue weighted by Gasteiger charge is 2.40. The molecular weight excluding hydrogens is 424 g/mol. The second-order valence-corrected chi connectivity index (χ2v) is 9.75. The number of likely N-dealkylation sites (N-methyl/N-ethyl adjacent to an activating group) is 1. The number of ether oxygens (including phenoxy) is 3. The van der Waals surface area contributed by atoms with Crippen LogP contribution in [0.4, 0.5) is 4.79 Å². The molecule has 33 heavy (non-hydrogen) atoms. The number of hydrogen-bond acceptors (Lipinski definition) is 6. The molecule has 0 aromatic heterocycles. The van der Waals surface area contributed by atoms with Crippen molar-refractivity contribution in [1.82, 2.24) is 9.80 Å². The molecule has 0 saturated carbocycles. The summed E-state index contributed by atoms with van der Waals surface area (Å²) in [5.74, 6) is 1.58. The van der Waals surface area contributed by atoms with Crippen molar-refractivity contribution in [3.05, 3.63) is 23.3 Å². The summed E-state index contributed by atoms with van der Waals surface area (Å²) in [4.78, 5) is 27.4. The predicted octanol–water partition coefficient (Wildman–Crippen LogP) is 3.83. The molecule has 4 atom stereocenters. The van der Waals surface area contributed by atoms with Gasteiger partial charge in [0.05, 0.1) is 20.8 Å². The van der Waals surface area contributed by atoms with E-state index in [0.29, 0.717) is 18.4 Å². The fourth-order valence-electron chi connectivity index (χ4n) is 5.18. The summed E-state index contributed by atoms with van der Waals surface area (Å²) in [5, 5.41) is 9.19. The van der Waals surface area contributed by atoms with Crippen LogP contribution in [-0.4, -0.2) is 74.0 Å². The van der Waals surface area contributed by atoms with Crippen LogP contribution in [0.1, 0.15) is 50.8 Å². The number of aliphatic carboxylic acids is 1. The molecule has 1 N–H and O–H groups in total. The highest BCUT2D eigenvalue weighted by Crippen LogP contribution is 2.45. The second kappa shape index (κ2) is 10.6. The van der Waals surface area contributed by atoms with Crippen molar-refractivity contribution in [2.24, 2.45) is 17.8 Å². The fraction of sp³-hybridized carbons (Fsp3) is 0.680. The third kappa shape index (κ3) is 5.54. The Morgan fingerprint density at radius 1 is 1.15 bits per heavy atom. The average molecular weight is 463 g/mol. The van der Waals surface area contributed by atoms with Crippen molar-refractivity contribution < 1.29 is 28.9 Å². The van der Waals surface area contributed by atoms with Gasteiger partial charge in [0.1, 0.15) is 6.04 Å². The van der Waals surface area contributed by atoms with Crippen LogP contribution in [0.15, 0.2) is 12.1 Å². The highest BCUT2D eigenvalue weighted by molar-refractivity contribution is 5.79. The van der Waals surface area contributed by atoms with Gasteiger partial charge in [-0.15, -0.1) is 0 Å². The van der Waals surface area contributed by atoms with Gasteiger partial charge in [-0.25, -0.2) is 9.59 Å². The lowest BCUT2D eigenvalue weighted by Gasteiger charge is -2.47. The Bertz CT molecular complexity index is 858. The molecular formula is C25H38N2O6. The van der Waals surface area contributed by atoms with Gasteiger partial charge in [-0.3, -0.25) is 9.80 Å². The predicted molar refractivity (Wildman–Crippen MR) is 125 cm³/mol. The van der Waals surface area contributed by atoms with Crippen LogP contribution in [0.25, 0.3) is 0 Å². The zero-order chi connectivity index (χ0) is 24.3. The summed E-state index contributed by atoms with van der Waals surface area (Å²) < 4.78 is 16.7. The monoisotopic (exact) mass is 462 g/mol. The van der Waals surface area contributed by atoms with E-state index < -0.39 is 18.1 Å². The number of carboxylic acids is 1. The number of carbonyl (C=O) groups is 2. The Labute approximate surface area is 196 Å². The molecule has 0 spiro atoms. The molecule has 2 heterocycles. The van der Waals surface area contributed by atoms with Crippen LogP contribution < -0.4 is 9.47 Å². The smallest absolute Gasteiger partial charge is 0.410 e. The van der Waals surface area contributed by atoms with Crippen LogP contribution in [0.3, 0.4) is 0 Å². The summed E-state index contributed by atoms with van der Waals surface area (Å²) in [6, 6.07) is 3.48. The molecule has 0 radical (unpaired) electrons. The van der Waals surface area contributed by atoms with E-state index in [4.69, 9.17) is 14.2 Å². The minimum absolute atomic E-state index is 0.199. The van der Waals surface area contributed by atoms with E-state index in [1.54, 1.807) is 14.2 Å². The number of nitrogens with zero attached hydrogens (tertiary/aromatic N) is 2. The van der Waals surface area contributed by atoms with Crippen LogP contribution in [0.5, 0.6) is 11.5 Å². The standard InChI is InChI=1S/C25H38N2O6/c1-15(2)9-18-13-27-8-7-17-11-22(31-5)23(32-6)12-20(17)21(27)10-19(18)14-33-25(30)26(4)16(3)24(28)29/h11-12,15-16,18-19,21H,7-10,13-14H2,1-6H3,(H,28,29)/t16-,18-,19+,21-/m1/s1. The SMILES string of the molecule is COc1cc2c(cc1OC)[C@H]1C[C@@H](COC(=O)N(C)[C@H](C)C(=O)O)[C@H](CC(C)C)CN1CC2.